The smallest absolute Gasteiger partial charge is 0.228 e. The Hall–Kier alpha value is -7.11. The molecule has 0 fully saturated rings. The summed E-state index contributed by atoms with van der Waals surface area (Å²) in [5, 5.41) is 6.54. The highest BCUT2D eigenvalue weighted by Crippen LogP contribution is 2.46. The van der Waals surface area contributed by atoms with Gasteiger partial charge in [-0.3, -0.25) is 0 Å². The molecule has 52 heavy (non-hydrogen) atoms. The third kappa shape index (κ3) is 4.46. The molecular formula is C47H28N2O3. The topological polar surface area (TPSA) is 55.6 Å². The minimum Gasteiger partial charge on any atom is -0.456 e. The molecule has 3 aromatic heterocycles. The largest absolute Gasteiger partial charge is 0.456 e. The number of hydrogen-bond acceptors (Lipinski definition) is 5. The zero-order valence-electron chi connectivity index (χ0n) is 27.8. The molecule has 0 bridgehead atoms. The summed E-state index contributed by atoms with van der Waals surface area (Å²) in [5.74, 6) is 0.568. The minimum atomic E-state index is 0.568. The Bertz CT molecular complexity index is 3110. The van der Waals surface area contributed by atoms with E-state index in [0.717, 1.165) is 83.2 Å². The Morgan fingerprint density at radius 3 is 2.04 bits per heavy atom. The third-order valence-electron chi connectivity index (χ3n) is 10.1. The van der Waals surface area contributed by atoms with Crippen LogP contribution in [-0.4, -0.2) is 4.98 Å². The lowest BCUT2D eigenvalue weighted by Gasteiger charge is -2.26. The lowest BCUT2D eigenvalue weighted by atomic mass is 10.0. The number of fused-ring (bicyclic) bond motifs is 8. The van der Waals surface area contributed by atoms with Gasteiger partial charge in [-0.1, -0.05) is 97.1 Å². The fourth-order valence-corrected chi connectivity index (χ4v) is 7.63. The molecule has 0 aliphatic carbocycles. The van der Waals surface area contributed by atoms with E-state index in [1.807, 2.05) is 48.5 Å². The van der Waals surface area contributed by atoms with Gasteiger partial charge in [-0.2, -0.15) is 0 Å². The average molecular weight is 669 g/mol. The van der Waals surface area contributed by atoms with Crippen LogP contribution in [0.3, 0.4) is 0 Å². The Morgan fingerprint density at radius 1 is 0.423 bits per heavy atom. The van der Waals surface area contributed by atoms with Crippen LogP contribution in [0.25, 0.3) is 88.3 Å². The maximum Gasteiger partial charge on any atom is 0.228 e. The highest BCUT2D eigenvalue weighted by Gasteiger charge is 2.23. The van der Waals surface area contributed by atoms with Crippen LogP contribution in [0.1, 0.15) is 0 Å². The van der Waals surface area contributed by atoms with Gasteiger partial charge in [-0.25, -0.2) is 4.98 Å². The zero-order chi connectivity index (χ0) is 34.2. The molecule has 244 valence electrons. The van der Waals surface area contributed by atoms with E-state index in [9.17, 15) is 0 Å². The summed E-state index contributed by atoms with van der Waals surface area (Å²) >= 11 is 0. The quantitative estimate of drug-likeness (QED) is 0.183. The van der Waals surface area contributed by atoms with Crippen LogP contribution in [0.2, 0.25) is 0 Å². The minimum absolute atomic E-state index is 0.568. The molecule has 0 unspecified atom stereocenters. The van der Waals surface area contributed by atoms with E-state index >= 15 is 0 Å². The molecule has 0 saturated heterocycles. The second-order valence-electron chi connectivity index (χ2n) is 13.1. The second kappa shape index (κ2) is 11.2. The van der Waals surface area contributed by atoms with Crippen LogP contribution in [0, 0.1) is 0 Å². The van der Waals surface area contributed by atoms with Crippen molar-refractivity contribution < 1.29 is 13.3 Å². The summed E-state index contributed by atoms with van der Waals surface area (Å²) in [6.45, 7) is 0. The average Bonchev–Trinajstić information content (AvgIpc) is 3.92. The van der Waals surface area contributed by atoms with Gasteiger partial charge < -0.3 is 18.2 Å². The summed E-state index contributed by atoms with van der Waals surface area (Å²) < 4.78 is 19.3. The van der Waals surface area contributed by atoms with Gasteiger partial charge in [-0.15, -0.1) is 0 Å². The van der Waals surface area contributed by atoms with Crippen molar-refractivity contribution in [2.45, 2.75) is 0 Å². The summed E-state index contributed by atoms with van der Waals surface area (Å²) in [4.78, 5) is 7.12. The van der Waals surface area contributed by atoms with E-state index in [1.54, 1.807) is 0 Å². The standard InChI is InChI=1S/C47H28N2O3/c1-2-10-31-27-32(20-19-29(31)9-1)30-21-23-33(24-22-30)49(34-25-26-42-38(28-34)35-11-3-5-16-41(35)50-42)40-15-7-12-36-45-37(13-8-18-44(45)51-46(36)40)47-48-39-14-4-6-17-43(39)52-47/h1-28H. The maximum absolute atomic E-state index is 6.79. The maximum atomic E-state index is 6.79. The van der Waals surface area contributed by atoms with Crippen molar-refractivity contribution in [3.8, 4) is 22.6 Å². The van der Waals surface area contributed by atoms with Crippen LogP contribution < -0.4 is 4.90 Å². The van der Waals surface area contributed by atoms with Crippen LogP contribution in [0.15, 0.2) is 183 Å². The van der Waals surface area contributed by atoms with Gasteiger partial charge in [0.25, 0.3) is 0 Å². The van der Waals surface area contributed by atoms with E-state index in [0.29, 0.717) is 5.89 Å². The monoisotopic (exact) mass is 668 g/mol. The number of furan rings is 2. The SMILES string of the molecule is c1ccc2cc(-c3ccc(N(c4ccc5oc6ccccc6c5c4)c4cccc5c4oc4cccc(-c6nc7ccccc7o6)c45)cc3)ccc2c1. The molecule has 0 aliphatic rings. The van der Waals surface area contributed by atoms with Gasteiger partial charge in [0, 0.05) is 38.5 Å². The van der Waals surface area contributed by atoms with Crippen molar-refractivity contribution >= 4 is 82.8 Å². The number of oxazole rings is 1. The first-order chi connectivity index (χ1) is 25.7. The predicted octanol–water partition coefficient (Wildman–Crippen LogP) is 13.6. The van der Waals surface area contributed by atoms with Crippen molar-refractivity contribution in [1.82, 2.24) is 4.98 Å². The van der Waals surface area contributed by atoms with E-state index in [4.69, 9.17) is 18.2 Å². The third-order valence-corrected chi connectivity index (χ3v) is 10.1. The molecule has 5 heteroatoms. The number of hydrogen-bond donors (Lipinski definition) is 0. The molecule has 8 aromatic carbocycles. The van der Waals surface area contributed by atoms with Crippen molar-refractivity contribution in [2.24, 2.45) is 0 Å². The molecule has 0 radical (unpaired) electrons. The van der Waals surface area contributed by atoms with Crippen LogP contribution in [0.4, 0.5) is 17.1 Å². The number of rotatable bonds is 5. The van der Waals surface area contributed by atoms with Gasteiger partial charge >= 0.3 is 0 Å². The van der Waals surface area contributed by atoms with Crippen molar-refractivity contribution in [1.29, 1.82) is 0 Å². The molecule has 11 rings (SSSR count). The molecule has 5 nitrogen and oxygen atoms in total. The molecule has 0 saturated carbocycles. The van der Waals surface area contributed by atoms with Gasteiger partial charge in [0.2, 0.25) is 5.89 Å². The number of benzene rings is 8. The number of aromatic nitrogens is 1. The fraction of sp³-hybridized carbons (Fsp3) is 0. The molecule has 11 aromatic rings. The van der Waals surface area contributed by atoms with Crippen molar-refractivity contribution in [3.05, 3.63) is 170 Å². The Kier molecular flexibility index (Phi) is 6.18. The van der Waals surface area contributed by atoms with Crippen molar-refractivity contribution in [2.75, 3.05) is 4.90 Å². The zero-order valence-corrected chi connectivity index (χ0v) is 27.8. The summed E-state index contributed by atoms with van der Waals surface area (Å²) in [7, 11) is 0. The molecule has 0 spiro atoms. The van der Waals surface area contributed by atoms with Crippen LogP contribution in [-0.2, 0) is 0 Å². The van der Waals surface area contributed by atoms with Crippen molar-refractivity contribution in [3.63, 3.8) is 0 Å². The summed E-state index contributed by atoms with van der Waals surface area (Å²) in [6, 6.07) is 58.7. The van der Waals surface area contributed by atoms with Crippen LogP contribution >= 0.6 is 0 Å². The first kappa shape index (κ1) is 28.7. The molecule has 0 aliphatic heterocycles. The number of anilines is 3. The van der Waals surface area contributed by atoms with Gasteiger partial charge in [0.05, 0.1) is 5.69 Å². The van der Waals surface area contributed by atoms with E-state index < -0.39 is 0 Å². The predicted molar refractivity (Wildman–Crippen MR) is 212 cm³/mol. The first-order valence-electron chi connectivity index (χ1n) is 17.4. The molecular weight excluding hydrogens is 641 g/mol. The van der Waals surface area contributed by atoms with Gasteiger partial charge in [0.15, 0.2) is 11.2 Å². The summed E-state index contributed by atoms with van der Waals surface area (Å²) in [6.07, 6.45) is 0. The second-order valence-corrected chi connectivity index (χ2v) is 13.1. The Labute approximate surface area is 297 Å². The normalized spacial score (nSPS) is 11.8. The molecule has 0 N–H and O–H groups in total. The van der Waals surface area contributed by atoms with E-state index in [2.05, 4.69) is 126 Å². The Balaban J connectivity index is 1.11. The van der Waals surface area contributed by atoms with Gasteiger partial charge in [-0.05, 0) is 94.7 Å². The van der Waals surface area contributed by atoms with E-state index in [1.165, 1.54) is 16.3 Å². The first-order valence-corrected chi connectivity index (χ1v) is 17.4. The van der Waals surface area contributed by atoms with Gasteiger partial charge in [0.1, 0.15) is 22.3 Å². The lowest BCUT2D eigenvalue weighted by Crippen LogP contribution is -2.10. The molecule has 0 atom stereocenters. The fourth-order valence-electron chi connectivity index (χ4n) is 7.63. The highest BCUT2D eigenvalue weighted by molar-refractivity contribution is 6.16. The van der Waals surface area contributed by atoms with Crippen LogP contribution in [0.5, 0.6) is 0 Å². The number of para-hydroxylation sites is 4. The molecule has 0 amide bonds. The lowest BCUT2D eigenvalue weighted by molar-refractivity contribution is 0.620. The Morgan fingerprint density at radius 2 is 1.13 bits per heavy atom. The number of nitrogens with zero attached hydrogens (tertiary/aromatic N) is 2. The summed E-state index contributed by atoms with van der Waals surface area (Å²) in [5.41, 5.74) is 11.0. The van der Waals surface area contributed by atoms with E-state index in [-0.39, 0.29) is 0 Å². The highest BCUT2D eigenvalue weighted by atomic mass is 16.4. The molecule has 3 heterocycles.